The molecule has 1 heterocycles. The molecule has 1 fully saturated rings. The highest BCUT2D eigenvalue weighted by molar-refractivity contribution is 7.85. The second-order valence-electron chi connectivity index (χ2n) is 4.38. The van der Waals surface area contributed by atoms with E-state index < -0.39 is 21.9 Å². The van der Waals surface area contributed by atoms with Crippen LogP contribution >= 0.6 is 0 Å². The summed E-state index contributed by atoms with van der Waals surface area (Å²) in [6.07, 6.45) is 0.150. The van der Waals surface area contributed by atoms with Gasteiger partial charge in [-0.3, -0.25) is 9.08 Å². The number of ether oxygens (including phenoxy) is 1. The topological polar surface area (TPSA) is 93.1 Å². The summed E-state index contributed by atoms with van der Waals surface area (Å²) >= 11 is 0. The molecule has 100 valence electrons. The van der Waals surface area contributed by atoms with Crippen LogP contribution in [0.3, 0.4) is 0 Å². The highest BCUT2D eigenvalue weighted by Gasteiger charge is 2.43. The van der Waals surface area contributed by atoms with Crippen LogP contribution in [0.4, 0.5) is 4.79 Å². The van der Waals surface area contributed by atoms with Crippen molar-refractivity contribution in [2.24, 2.45) is 0 Å². The Bertz CT molecular complexity index is 390. The molecule has 1 amide bonds. The molecule has 0 unspecified atom stereocenters. The molecule has 0 aromatic carbocycles. The molecule has 1 aliphatic rings. The van der Waals surface area contributed by atoms with Crippen molar-refractivity contribution in [2.45, 2.75) is 32.0 Å². The molecule has 0 radical (unpaired) electrons. The number of carbonyl (C=O) groups is 1. The van der Waals surface area contributed by atoms with E-state index in [1.165, 1.54) is 4.90 Å². The summed E-state index contributed by atoms with van der Waals surface area (Å²) in [5.41, 5.74) is -0.887. The highest BCUT2D eigenvalue weighted by atomic mass is 32.2. The van der Waals surface area contributed by atoms with Crippen LogP contribution in [0.2, 0.25) is 0 Å². The smallest absolute Gasteiger partial charge is 0.409 e. The van der Waals surface area contributed by atoms with Crippen molar-refractivity contribution in [3.63, 3.8) is 0 Å². The van der Waals surface area contributed by atoms with Crippen LogP contribution in [0.5, 0.6) is 0 Å². The Hall–Kier alpha value is -0.860. The number of nitrogens with zero attached hydrogens (tertiary/aromatic N) is 1. The third-order valence-electron chi connectivity index (χ3n) is 2.53. The number of hydrogen-bond acceptors (Lipinski definition) is 5. The molecule has 1 N–H and O–H groups in total. The molecule has 1 atom stereocenters. The molecule has 0 aliphatic carbocycles. The van der Waals surface area contributed by atoms with E-state index in [0.717, 1.165) is 6.26 Å². The van der Waals surface area contributed by atoms with Crippen LogP contribution in [0.1, 0.15) is 20.3 Å². The fourth-order valence-corrected chi connectivity index (χ4v) is 2.22. The molecule has 0 aromatic heterocycles. The second-order valence-corrected chi connectivity index (χ2v) is 6.02. The lowest BCUT2D eigenvalue weighted by molar-refractivity contribution is -0.0423. The largest absolute Gasteiger partial charge is 0.465 e. The molecule has 0 bridgehead atoms. The fourth-order valence-electron chi connectivity index (χ4n) is 1.82. The van der Waals surface area contributed by atoms with E-state index in [0.29, 0.717) is 0 Å². The second kappa shape index (κ2) is 4.79. The van der Waals surface area contributed by atoms with Gasteiger partial charge in [-0.1, -0.05) is 0 Å². The minimum absolute atomic E-state index is 0.0489. The Morgan fingerprint density at radius 3 is 2.65 bits per heavy atom. The Labute approximate surface area is 100 Å². The van der Waals surface area contributed by atoms with Gasteiger partial charge in [0.05, 0.1) is 25.5 Å². The fraction of sp³-hybridized carbons (Fsp3) is 0.889. The zero-order chi connectivity index (χ0) is 13.3. The van der Waals surface area contributed by atoms with Crippen LogP contribution in [-0.2, 0) is 19.0 Å². The predicted octanol–water partition coefficient (Wildman–Crippen LogP) is 0.468. The van der Waals surface area contributed by atoms with Crippen LogP contribution in [0.15, 0.2) is 0 Å². The number of amides is 1. The summed E-state index contributed by atoms with van der Waals surface area (Å²) in [4.78, 5) is 12.3. The molecule has 17 heavy (non-hydrogen) atoms. The summed E-state index contributed by atoms with van der Waals surface area (Å²) < 4.78 is 31.5. The van der Waals surface area contributed by atoms with Crippen molar-refractivity contribution in [2.75, 3.05) is 19.5 Å². The van der Waals surface area contributed by atoms with Gasteiger partial charge in [0.25, 0.3) is 10.1 Å². The molecule has 0 aromatic rings. The molecule has 1 saturated heterocycles. The van der Waals surface area contributed by atoms with Crippen molar-refractivity contribution >= 4 is 16.2 Å². The van der Waals surface area contributed by atoms with E-state index in [4.69, 9.17) is 9.84 Å². The zero-order valence-electron chi connectivity index (χ0n) is 10.0. The van der Waals surface area contributed by atoms with Crippen molar-refractivity contribution in [1.82, 2.24) is 4.90 Å². The number of hydrogen-bond donors (Lipinski definition) is 1. The summed E-state index contributed by atoms with van der Waals surface area (Å²) in [6, 6.07) is -0.385. The lowest BCUT2D eigenvalue weighted by Crippen LogP contribution is -2.47. The number of rotatable bonds is 4. The van der Waals surface area contributed by atoms with Gasteiger partial charge < -0.3 is 9.84 Å². The molecule has 0 saturated carbocycles. The van der Waals surface area contributed by atoms with Crippen molar-refractivity contribution in [3.05, 3.63) is 0 Å². The van der Waals surface area contributed by atoms with Crippen LogP contribution in [0, 0.1) is 0 Å². The van der Waals surface area contributed by atoms with E-state index in [2.05, 4.69) is 4.18 Å². The first-order chi connectivity index (χ1) is 7.63. The molecule has 8 heteroatoms. The zero-order valence-corrected chi connectivity index (χ0v) is 10.9. The van der Waals surface area contributed by atoms with Gasteiger partial charge in [-0.2, -0.15) is 8.42 Å². The minimum Gasteiger partial charge on any atom is -0.465 e. The summed E-state index contributed by atoms with van der Waals surface area (Å²) in [5.74, 6) is 0. The monoisotopic (exact) mass is 267 g/mol. The van der Waals surface area contributed by atoms with Crippen molar-refractivity contribution < 1.29 is 27.2 Å². The Morgan fingerprint density at radius 2 is 2.18 bits per heavy atom. The molecule has 7 nitrogen and oxygen atoms in total. The molecule has 1 rings (SSSR count). The summed E-state index contributed by atoms with van der Waals surface area (Å²) in [6.45, 7) is 3.50. The first-order valence-corrected chi connectivity index (χ1v) is 6.96. The predicted molar refractivity (Wildman–Crippen MR) is 59.1 cm³/mol. The summed E-state index contributed by atoms with van der Waals surface area (Å²) in [7, 11) is -3.49. The van der Waals surface area contributed by atoms with Gasteiger partial charge in [0, 0.05) is 0 Å². The normalized spacial score (nSPS) is 23.9. The van der Waals surface area contributed by atoms with Crippen LogP contribution in [-0.4, -0.2) is 55.8 Å². The quantitative estimate of drug-likeness (QED) is 0.744. The maximum absolute atomic E-state index is 11.1. The van der Waals surface area contributed by atoms with E-state index >= 15 is 0 Å². The van der Waals surface area contributed by atoms with E-state index in [1.54, 1.807) is 13.8 Å². The van der Waals surface area contributed by atoms with Gasteiger partial charge in [-0.15, -0.1) is 0 Å². The lowest BCUT2D eigenvalue weighted by Gasteiger charge is -2.30. The Balaban J connectivity index is 2.57. The van der Waals surface area contributed by atoms with Gasteiger partial charge in [-0.25, -0.2) is 4.79 Å². The third-order valence-corrected chi connectivity index (χ3v) is 3.12. The maximum Gasteiger partial charge on any atom is 0.409 e. The average Bonchev–Trinajstić information content (AvgIpc) is 2.39. The van der Waals surface area contributed by atoms with Gasteiger partial charge in [0.15, 0.2) is 0 Å². The Kier molecular flexibility index (Phi) is 4.00. The standard InChI is InChI=1S/C9H17NO6S/c1-9(2)10(8(11)12)7(6-15-9)4-5-16-17(3,13)14/h7H,4-6H2,1-3H3,(H,11,12)/t7-/m0/s1. The molecular weight excluding hydrogens is 250 g/mol. The van der Waals surface area contributed by atoms with Gasteiger partial charge in [0.1, 0.15) is 5.72 Å². The van der Waals surface area contributed by atoms with Crippen molar-refractivity contribution in [3.8, 4) is 0 Å². The first kappa shape index (κ1) is 14.2. The SMILES string of the molecule is CC1(C)OC[C@H](CCOS(C)(=O)=O)N1C(=O)O. The number of carboxylic acid groups (broad SMARTS) is 1. The molecule has 0 spiro atoms. The van der Waals surface area contributed by atoms with E-state index in [1.807, 2.05) is 0 Å². The van der Waals surface area contributed by atoms with Crippen molar-refractivity contribution in [1.29, 1.82) is 0 Å². The van der Waals surface area contributed by atoms with Gasteiger partial charge in [-0.05, 0) is 20.3 Å². The van der Waals surface area contributed by atoms with Crippen LogP contribution in [0.25, 0.3) is 0 Å². The minimum atomic E-state index is -3.49. The average molecular weight is 267 g/mol. The van der Waals surface area contributed by atoms with E-state index in [-0.39, 0.29) is 25.7 Å². The summed E-state index contributed by atoms with van der Waals surface area (Å²) in [5, 5.41) is 9.07. The molecule has 1 aliphatic heterocycles. The molecular formula is C9H17NO6S. The maximum atomic E-state index is 11.1. The van der Waals surface area contributed by atoms with Gasteiger partial charge in [0.2, 0.25) is 0 Å². The lowest BCUT2D eigenvalue weighted by atomic mass is 10.2. The highest BCUT2D eigenvalue weighted by Crippen LogP contribution is 2.28. The van der Waals surface area contributed by atoms with E-state index in [9.17, 15) is 13.2 Å². The van der Waals surface area contributed by atoms with Crippen LogP contribution < -0.4 is 0 Å². The first-order valence-electron chi connectivity index (χ1n) is 5.14. The third kappa shape index (κ3) is 3.83. The Morgan fingerprint density at radius 1 is 1.59 bits per heavy atom. The van der Waals surface area contributed by atoms with Gasteiger partial charge >= 0.3 is 6.09 Å².